The number of carbonyl (C=O) groups excluding carboxylic acids is 2. The minimum Gasteiger partial charge on any atom is -0.463 e. The van der Waals surface area contributed by atoms with Crippen LogP contribution in [0.4, 0.5) is 4.39 Å². The van der Waals surface area contributed by atoms with Gasteiger partial charge >= 0.3 is 11.9 Å². The van der Waals surface area contributed by atoms with Crippen molar-refractivity contribution in [1.29, 1.82) is 0 Å². The predicted molar refractivity (Wildman–Crippen MR) is 178 cm³/mol. The molecule has 2 aliphatic rings. The Bertz CT molecular complexity index is 1950. The van der Waals surface area contributed by atoms with E-state index in [2.05, 4.69) is 10.3 Å². The van der Waals surface area contributed by atoms with Crippen molar-refractivity contribution in [1.82, 2.24) is 24.8 Å². The SMILES string of the molecule is CCOC(=O)C(Cc1ccccc1)(OCc1nn(C2CCCCO2)c2cc(-n3nnc4c(F)cc(C5CCC5)cc43)ccc12)C(=O)OCC. The van der Waals surface area contributed by atoms with Crippen LogP contribution in [0.1, 0.15) is 81.3 Å². The van der Waals surface area contributed by atoms with Crippen LogP contribution >= 0.6 is 0 Å². The van der Waals surface area contributed by atoms with E-state index in [1.807, 2.05) is 59.3 Å². The number of esters is 2. The van der Waals surface area contributed by atoms with Crippen molar-refractivity contribution in [2.45, 2.75) is 83.1 Å². The molecule has 0 N–H and O–H groups in total. The molecule has 0 spiro atoms. The number of benzene rings is 3. The van der Waals surface area contributed by atoms with E-state index in [0.717, 1.165) is 55.0 Å². The van der Waals surface area contributed by atoms with Gasteiger partial charge in [0, 0.05) is 18.4 Å². The molecule has 2 fully saturated rings. The van der Waals surface area contributed by atoms with Crippen LogP contribution in [0.5, 0.6) is 0 Å². The summed E-state index contributed by atoms with van der Waals surface area (Å²) < 4.78 is 42.0. The Balaban J connectivity index is 1.29. The van der Waals surface area contributed by atoms with Gasteiger partial charge in [0.2, 0.25) is 0 Å². The number of carbonyl (C=O) groups is 2. The number of nitrogens with zero attached hydrogens (tertiary/aromatic N) is 5. The van der Waals surface area contributed by atoms with Gasteiger partial charge in [0.1, 0.15) is 5.52 Å². The number of hydrogen-bond donors (Lipinski definition) is 0. The summed E-state index contributed by atoms with van der Waals surface area (Å²) in [7, 11) is 0. The van der Waals surface area contributed by atoms with Gasteiger partial charge in [-0.15, -0.1) is 5.10 Å². The Morgan fingerprint density at radius 3 is 2.39 bits per heavy atom. The Hall–Kier alpha value is -4.68. The van der Waals surface area contributed by atoms with Crippen molar-refractivity contribution in [2.75, 3.05) is 19.8 Å². The first-order valence-corrected chi connectivity index (χ1v) is 17.1. The molecule has 49 heavy (non-hydrogen) atoms. The monoisotopic (exact) mass is 669 g/mol. The first kappa shape index (κ1) is 32.8. The normalized spacial score (nSPS) is 16.9. The van der Waals surface area contributed by atoms with Crippen LogP contribution in [0.15, 0.2) is 60.7 Å². The molecule has 1 saturated carbocycles. The third-order valence-corrected chi connectivity index (χ3v) is 9.51. The van der Waals surface area contributed by atoms with E-state index in [9.17, 15) is 9.59 Å². The molecule has 11 nitrogen and oxygen atoms in total. The summed E-state index contributed by atoms with van der Waals surface area (Å²) in [4.78, 5) is 27.2. The van der Waals surface area contributed by atoms with E-state index in [1.165, 1.54) is 0 Å². The van der Waals surface area contributed by atoms with Gasteiger partial charge < -0.3 is 18.9 Å². The highest BCUT2D eigenvalue weighted by Crippen LogP contribution is 2.38. The van der Waals surface area contributed by atoms with E-state index < -0.39 is 17.5 Å². The summed E-state index contributed by atoms with van der Waals surface area (Å²) in [5.41, 5.74) is 2.34. The van der Waals surface area contributed by atoms with E-state index in [-0.39, 0.29) is 43.8 Å². The Labute approximate surface area is 283 Å². The van der Waals surface area contributed by atoms with Crippen LogP contribution in [0.3, 0.4) is 0 Å². The molecule has 5 aromatic rings. The van der Waals surface area contributed by atoms with Crippen molar-refractivity contribution < 1.29 is 32.9 Å². The molecule has 0 amide bonds. The molecule has 1 unspecified atom stereocenters. The van der Waals surface area contributed by atoms with E-state index in [0.29, 0.717) is 35.0 Å². The second-order valence-corrected chi connectivity index (χ2v) is 12.6. The van der Waals surface area contributed by atoms with Gasteiger partial charge in [-0.2, -0.15) is 5.10 Å². The molecule has 1 saturated heterocycles. The van der Waals surface area contributed by atoms with E-state index in [4.69, 9.17) is 24.0 Å². The fourth-order valence-electron chi connectivity index (χ4n) is 6.70. The van der Waals surface area contributed by atoms with Gasteiger partial charge in [0.25, 0.3) is 5.60 Å². The third-order valence-electron chi connectivity index (χ3n) is 9.51. The average Bonchev–Trinajstić information content (AvgIpc) is 3.69. The number of hydrogen-bond acceptors (Lipinski definition) is 9. The topological polar surface area (TPSA) is 120 Å². The van der Waals surface area contributed by atoms with Crippen LogP contribution in [0.2, 0.25) is 0 Å². The Kier molecular flexibility index (Phi) is 9.42. The standard InChI is InChI=1S/C37H40FN5O6/c1-3-46-35(44)37(36(45)47-4-2,22-24-11-6-5-7-12-24)49-23-30-28-17-16-27(21-31(28)43(40-30)33-15-8-9-18-48-33)42-32-20-26(25-13-10-14-25)19-29(38)34(32)39-41-42/h5-7,11-12,16-17,19-21,25,33H,3-4,8-10,13-15,18,22-23H2,1-2H3. The van der Waals surface area contributed by atoms with Crippen molar-refractivity contribution >= 4 is 33.9 Å². The molecule has 12 heteroatoms. The average molecular weight is 670 g/mol. The number of fused-ring (bicyclic) bond motifs is 2. The molecular formula is C37H40FN5O6. The number of rotatable bonds is 12. The largest absolute Gasteiger partial charge is 0.463 e. The first-order chi connectivity index (χ1) is 23.9. The molecule has 1 aliphatic carbocycles. The number of ether oxygens (including phenoxy) is 4. The van der Waals surface area contributed by atoms with Crippen molar-refractivity contribution in [3.63, 3.8) is 0 Å². The molecule has 1 atom stereocenters. The summed E-state index contributed by atoms with van der Waals surface area (Å²) in [5.74, 6) is -1.69. The molecule has 3 aromatic carbocycles. The predicted octanol–water partition coefficient (Wildman–Crippen LogP) is 6.50. The van der Waals surface area contributed by atoms with Gasteiger partial charge in [0.05, 0.1) is 42.2 Å². The minimum atomic E-state index is -2.06. The maximum atomic E-state index is 15.2. The lowest BCUT2D eigenvalue weighted by molar-refractivity contribution is -0.192. The zero-order chi connectivity index (χ0) is 34.0. The highest BCUT2D eigenvalue weighted by molar-refractivity contribution is 6.04. The molecule has 2 aromatic heterocycles. The molecule has 1 aliphatic heterocycles. The van der Waals surface area contributed by atoms with Gasteiger partial charge in [-0.3, -0.25) is 0 Å². The van der Waals surface area contributed by atoms with Crippen LogP contribution in [0.25, 0.3) is 27.6 Å². The number of halogens is 1. The van der Waals surface area contributed by atoms with E-state index >= 15 is 4.39 Å². The molecule has 3 heterocycles. The smallest absolute Gasteiger partial charge is 0.350 e. The van der Waals surface area contributed by atoms with Crippen molar-refractivity contribution in [3.8, 4) is 5.69 Å². The Morgan fingerprint density at radius 2 is 1.71 bits per heavy atom. The zero-order valence-corrected chi connectivity index (χ0v) is 27.8. The fourth-order valence-corrected chi connectivity index (χ4v) is 6.70. The maximum absolute atomic E-state index is 15.2. The lowest BCUT2D eigenvalue weighted by Gasteiger charge is -2.29. The third kappa shape index (κ3) is 6.30. The summed E-state index contributed by atoms with van der Waals surface area (Å²) in [5, 5.41) is 14.2. The highest BCUT2D eigenvalue weighted by atomic mass is 19.1. The van der Waals surface area contributed by atoms with E-state index in [1.54, 1.807) is 24.6 Å². The van der Waals surface area contributed by atoms with Gasteiger partial charge in [-0.25, -0.2) is 23.3 Å². The zero-order valence-electron chi connectivity index (χ0n) is 27.8. The van der Waals surface area contributed by atoms with Crippen LogP contribution in [-0.4, -0.2) is 62.1 Å². The second kappa shape index (κ2) is 14.0. The van der Waals surface area contributed by atoms with Crippen molar-refractivity contribution in [3.05, 3.63) is 83.3 Å². The van der Waals surface area contributed by atoms with Crippen LogP contribution in [0, 0.1) is 5.82 Å². The van der Waals surface area contributed by atoms with Crippen LogP contribution < -0.4 is 0 Å². The van der Waals surface area contributed by atoms with Gasteiger partial charge in [-0.1, -0.05) is 42.0 Å². The molecule has 0 bridgehead atoms. The summed E-state index contributed by atoms with van der Waals surface area (Å²) in [6.45, 7) is 3.87. The summed E-state index contributed by atoms with van der Waals surface area (Å²) in [6.07, 6.45) is 5.50. The maximum Gasteiger partial charge on any atom is 0.350 e. The van der Waals surface area contributed by atoms with Gasteiger partial charge in [-0.05, 0) is 93.3 Å². The molecule has 0 radical (unpaired) electrons. The lowest BCUT2D eigenvalue weighted by Crippen LogP contribution is -2.53. The molecule has 256 valence electrons. The quantitative estimate of drug-likeness (QED) is 0.108. The summed E-state index contributed by atoms with van der Waals surface area (Å²) in [6, 6.07) is 18.4. The highest BCUT2D eigenvalue weighted by Gasteiger charge is 2.51. The Morgan fingerprint density at radius 1 is 0.939 bits per heavy atom. The lowest BCUT2D eigenvalue weighted by atomic mass is 9.80. The fraction of sp³-hybridized carbons (Fsp3) is 0.432. The molecule has 7 rings (SSSR count). The first-order valence-electron chi connectivity index (χ1n) is 17.1. The van der Waals surface area contributed by atoms with Crippen LogP contribution in [-0.2, 0) is 41.6 Å². The second-order valence-electron chi connectivity index (χ2n) is 12.6. The minimum absolute atomic E-state index is 0.0561. The van der Waals surface area contributed by atoms with Gasteiger partial charge in [0.15, 0.2) is 12.0 Å². The van der Waals surface area contributed by atoms with Crippen molar-refractivity contribution in [2.24, 2.45) is 0 Å². The molecular weight excluding hydrogens is 629 g/mol. The number of aromatic nitrogens is 5. The summed E-state index contributed by atoms with van der Waals surface area (Å²) >= 11 is 0.